The lowest BCUT2D eigenvalue weighted by Gasteiger charge is -2.23. The third-order valence-electron chi connectivity index (χ3n) is 5.60. The molecule has 14 heteroatoms. The number of carbonyl (C=O) groups excluding carboxylic acids is 3. The number of methoxy groups -OCH3 is 1. The van der Waals surface area contributed by atoms with Crippen LogP contribution in [-0.4, -0.2) is 69.9 Å². The van der Waals surface area contributed by atoms with Crippen LogP contribution in [0.15, 0.2) is 28.8 Å². The number of amides is 3. The van der Waals surface area contributed by atoms with Crippen molar-refractivity contribution >= 4 is 35.1 Å². The number of aromatic nitrogens is 4. The van der Waals surface area contributed by atoms with Crippen molar-refractivity contribution in [3.05, 3.63) is 35.9 Å². The molecular formula is C26H32N8O6. The summed E-state index contributed by atoms with van der Waals surface area (Å²) >= 11 is 0. The quantitative estimate of drug-likeness (QED) is 0.353. The highest BCUT2D eigenvalue weighted by atomic mass is 16.6. The van der Waals surface area contributed by atoms with E-state index in [4.69, 9.17) is 18.1 Å². The summed E-state index contributed by atoms with van der Waals surface area (Å²) in [6, 6.07) is 6.33. The van der Waals surface area contributed by atoms with Gasteiger partial charge in [-0.05, 0) is 45.7 Å². The van der Waals surface area contributed by atoms with Crippen LogP contribution < -0.4 is 20.7 Å². The van der Waals surface area contributed by atoms with Gasteiger partial charge < -0.3 is 34.8 Å². The minimum absolute atomic E-state index is 0.0117. The molecule has 0 unspecified atom stereocenters. The van der Waals surface area contributed by atoms with Crippen molar-refractivity contribution < 1.29 is 32.5 Å². The normalized spacial score (nSPS) is 14.3. The SMILES string of the molecule is [2H]C([2H])([2H])NC(=O)c1nnc(NC(=O)C2CC2)cc1Nc1cccc(-c2noc(CN(C)C(=O)OC(C)(C)C)n2)c1OC. The number of hydrogen-bond acceptors (Lipinski definition) is 11. The summed E-state index contributed by atoms with van der Waals surface area (Å²) in [4.78, 5) is 43.1. The Morgan fingerprint density at radius 2 is 1.98 bits per heavy atom. The smallest absolute Gasteiger partial charge is 0.410 e. The number of benzene rings is 1. The van der Waals surface area contributed by atoms with Crippen molar-refractivity contribution in [3.8, 4) is 17.1 Å². The van der Waals surface area contributed by atoms with Gasteiger partial charge in [-0.2, -0.15) is 4.98 Å². The molecule has 1 aromatic carbocycles. The lowest BCUT2D eigenvalue weighted by molar-refractivity contribution is -0.117. The van der Waals surface area contributed by atoms with Gasteiger partial charge in [-0.3, -0.25) is 9.59 Å². The van der Waals surface area contributed by atoms with E-state index in [0.717, 1.165) is 12.8 Å². The molecule has 14 nitrogen and oxygen atoms in total. The van der Waals surface area contributed by atoms with E-state index in [0.29, 0.717) is 11.3 Å². The number of anilines is 3. The van der Waals surface area contributed by atoms with E-state index in [1.807, 2.05) is 5.32 Å². The number of nitrogens with one attached hydrogen (secondary N) is 3. The van der Waals surface area contributed by atoms with E-state index in [1.54, 1.807) is 39.0 Å². The molecule has 2 aromatic heterocycles. The van der Waals surface area contributed by atoms with Crippen molar-refractivity contribution in [2.24, 2.45) is 5.92 Å². The fraction of sp³-hybridized carbons (Fsp3) is 0.423. The summed E-state index contributed by atoms with van der Waals surface area (Å²) < 4.78 is 38.5. The number of nitrogens with zero attached hydrogens (tertiary/aromatic N) is 5. The van der Waals surface area contributed by atoms with Gasteiger partial charge in [0.1, 0.15) is 12.1 Å². The van der Waals surface area contributed by atoms with Gasteiger partial charge in [0.2, 0.25) is 17.6 Å². The average molecular weight is 556 g/mol. The molecule has 1 aliphatic rings. The zero-order valence-corrected chi connectivity index (χ0v) is 22.7. The van der Waals surface area contributed by atoms with Crippen LogP contribution in [0.25, 0.3) is 11.4 Å². The molecule has 3 N–H and O–H groups in total. The van der Waals surface area contributed by atoms with Crippen LogP contribution >= 0.6 is 0 Å². The molecule has 0 spiro atoms. The molecule has 4 rings (SSSR count). The summed E-state index contributed by atoms with van der Waals surface area (Å²) in [6.45, 7) is 2.48. The molecule has 0 saturated heterocycles. The highest BCUT2D eigenvalue weighted by molar-refractivity contribution is 6.00. The van der Waals surface area contributed by atoms with Gasteiger partial charge in [0, 0.05) is 30.1 Å². The highest BCUT2D eigenvalue weighted by Gasteiger charge is 2.30. The summed E-state index contributed by atoms with van der Waals surface area (Å²) in [5, 5.41) is 19.3. The molecule has 0 bridgehead atoms. The molecule has 0 radical (unpaired) electrons. The Morgan fingerprint density at radius 1 is 1.20 bits per heavy atom. The van der Waals surface area contributed by atoms with Crippen molar-refractivity contribution in [3.63, 3.8) is 0 Å². The minimum atomic E-state index is -2.78. The van der Waals surface area contributed by atoms with E-state index in [1.165, 1.54) is 25.1 Å². The Morgan fingerprint density at radius 3 is 2.65 bits per heavy atom. The predicted octanol–water partition coefficient (Wildman–Crippen LogP) is 3.35. The first-order valence-corrected chi connectivity index (χ1v) is 12.4. The number of ether oxygens (including phenoxy) is 2. The Balaban J connectivity index is 1.62. The lowest BCUT2D eigenvalue weighted by Crippen LogP contribution is -2.33. The largest absolute Gasteiger partial charge is 0.494 e. The van der Waals surface area contributed by atoms with Crippen LogP contribution in [0.4, 0.5) is 22.0 Å². The second-order valence-corrected chi connectivity index (χ2v) is 10.1. The minimum Gasteiger partial charge on any atom is -0.494 e. The molecule has 1 aliphatic carbocycles. The van der Waals surface area contributed by atoms with Crippen LogP contribution in [0, 0.1) is 5.92 Å². The number of hydrogen-bond donors (Lipinski definition) is 3. The fourth-order valence-corrected chi connectivity index (χ4v) is 3.56. The summed E-state index contributed by atoms with van der Waals surface area (Å²) in [5.74, 6) is -0.751. The van der Waals surface area contributed by atoms with Crippen molar-refractivity contribution in [2.75, 3.05) is 31.8 Å². The standard InChI is InChI=1S/C26H32N8O6/c1-26(2,3)39-25(37)34(5)13-19-30-22(33-40-19)15-8-7-9-16(21(15)38-6)28-17-12-18(29-23(35)14-10-11-14)31-32-20(17)24(36)27-4/h7-9,12,14H,10-11,13H2,1-6H3,(H,27,36)(H2,28,29,31,35)/i4D3. The van der Waals surface area contributed by atoms with Gasteiger partial charge in [0.05, 0.1) is 24.0 Å². The molecular weight excluding hydrogens is 520 g/mol. The van der Waals surface area contributed by atoms with E-state index in [2.05, 4.69) is 31.0 Å². The van der Waals surface area contributed by atoms with Crippen LogP contribution in [0.2, 0.25) is 0 Å². The maximum atomic E-state index is 12.8. The molecule has 3 amide bonds. The first-order chi connectivity index (χ1) is 20.1. The Labute approximate surface area is 235 Å². The van der Waals surface area contributed by atoms with Crippen molar-refractivity contribution in [2.45, 2.75) is 45.8 Å². The molecule has 212 valence electrons. The van der Waals surface area contributed by atoms with Gasteiger partial charge >= 0.3 is 6.09 Å². The lowest BCUT2D eigenvalue weighted by atomic mass is 10.1. The zero-order valence-electron chi connectivity index (χ0n) is 25.7. The second-order valence-electron chi connectivity index (χ2n) is 10.1. The summed E-state index contributed by atoms with van der Waals surface area (Å²) in [7, 11) is 2.95. The molecule has 1 saturated carbocycles. The average Bonchev–Trinajstić information content (AvgIpc) is 3.65. The Bertz CT molecular complexity index is 1520. The Kier molecular flexibility index (Phi) is 7.02. The van der Waals surface area contributed by atoms with E-state index < -0.39 is 24.6 Å². The third kappa shape index (κ3) is 6.81. The molecule has 40 heavy (non-hydrogen) atoms. The summed E-state index contributed by atoms with van der Waals surface area (Å²) in [6.07, 6.45) is 0.971. The van der Waals surface area contributed by atoms with E-state index >= 15 is 0 Å². The Hall–Kier alpha value is -4.75. The van der Waals surface area contributed by atoms with Gasteiger partial charge in [-0.15, -0.1) is 10.2 Å². The second kappa shape index (κ2) is 11.6. The first-order valence-electron chi connectivity index (χ1n) is 13.9. The number of carbonyl (C=O) groups is 3. The maximum Gasteiger partial charge on any atom is 0.410 e. The fourth-order valence-electron chi connectivity index (χ4n) is 3.56. The van der Waals surface area contributed by atoms with E-state index in [9.17, 15) is 14.4 Å². The van der Waals surface area contributed by atoms with Crippen LogP contribution in [0.5, 0.6) is 5.75 Å². The molecule has 2 heterocycles. The number of para-hydroxylation sites is 1. The van der Waals surface area contributed by atoms with Crippen molar-refractivity contribution in [1.29, 1.82) is 0 Å². The maximum absolute atomic E-state index is 12.8. The molecule has 1 fully saturated rings. The van der Waals surface area contributed by atoms with Gasteiger partial charge in [0.25, 0.3) is 5.91 Å². The van der Waals surface area contributed by atoms with Crippen LogP contribution in [-0.2, 0) is 16.1 Å². The highest BCUT2D eigenvalue weighted by Crippen LogP contribution is 2.37. The number of rotatable bonds is 9. The zero-order chi connectivity index (χ0) is 31.5. The predicted molar refractivity (Wildman–Crippen MR) is 144 cm³/mol. The van der Waals surface area contributed by atoms with Gasteiger partial charge in [-0.1, -0.05) is 11.2 Å². The molecule has 0 aliphatic heterocycles. The third-order valence-corrected chi connectivity index (χ3v) is 5.60. The van der Waals surface area contributed by atoms with Gasteiger partial charge in [0.15, 0.2) is 17.3 Å². The monoisotopic (exact) mass is 555 g/mol. The van der Waals surface area contributed by atoms with Gasteiger partial charge in [-0.25, -0.2) is 4.79 Å². The van der Waals surface area contributed by atoms with Crippen LogP contribution in [0.1, 0.15) is 54.1 Å². The van der Waals surface area contributed by atoms with Crippen LogP contribution in [0.3, 0.4) is 0 Å². The molecule has 3 aromatic rings. The van der Waals surface area contributed by atoms with Crippen molar-refractivity contribution in [1.82, 2.24) is 30.6 Å². The first kappa shape index (κ1) is 24.3. The summed E-state index contributed by atoms with van der Waals surface area (Å²) in [5.41, 5.74) is -0.230. The molecule has 0 atom stereocenters. The van der Waals surface area contributed by atoms with E-state index in [-0.39, 0.29) is 53.0 Å². The topological polar surface area (TPSA) is 174 Å².